The van der Waals surface area contributed by atoms with Gasteiger partial charge in [-0.1, -0.05) is 0 Å². The first kappa shape index (κ1) is 13.4. The first-order valence-corrected chi connectivity index (χ1v) is 7.30. The number of hydrogen-bond donors (Lipinski definition) is 1. The molecule has 7 nitrogen and oxygen atoms in total. The van der Waals surface area contributed by atoms with Gasteiger partial charge >= 0.3 is 0 Å². The minimum absolute atomic E-state index is 0.378. The molecule has 0 unspecified atom stereocenters. The summed E-state index contributed by atoms with van der Waals surface area (Å²) >= 11 is 1.41. The van der Waals surface area contributed by atoms with Crippen LogP contribution in [0.4, 0.5) is 5.13 Å². The lowest BCUT2D eigenvalue weighted by Crippen LogP contribution is -2.45. The highest BCUT2D eigenvalue weighted by atomic mass is 32.1. The number of rotatable bonds is 4. The van der Waals surface area contributed by atoms with E-state index in [4.69, 9.17) is 4.74 Å². The van der Waals surface area contributed by atoms with Crippen LogP contribution >= 0.6 is 11.5 Å². The monoisotopic (exact) mass is 294 g/mol. The van der Waals surface area contributed by atoms with E-state index in [0.717, 1.165) is 35.7 Å². The Balaban J connectivity index is 1.66. The van der Waals surface area contributed by atoms with Gasteiger partial charge in [0.15, 0.2) is 11.6 Å². The molecule has 0 atom stereocenters. The third kappa shape index (κ3) is 2.29. The van der Waals surface area contributed by atoms with Gasteiger partial charge in [0.1, 0.15) is 11.4 Å². The minimum Gasteiger partial charge on any atom is -0.371 e. The van der Waals surface area contributed by atoms with Crippen LogP contribution < -0.4 is 4.90 Å². The second kappa shape index (κ2) is 4.78. The Kier molecular flexibility index (Phi) is 3.21. The van der Waals surface area contributed by atoms with Gasteiger partial charge in [-0.3, -0.25) is 5.10 Å². The molecule has 1 aliphatic heterocycles. The van der Waals surface area contributed by atoms with Gasteiger partial charge in [0, 0.05) is 31.7 Å². The van der Waals surface area contributed by atoms with Gasteiger partial charge in [-0.05, 0) is 20.8 Å². The summed E-state index contributed by atoms with van der Waals surface area (Å²) in [6.07, 6.45) is 0. The van der Waals surface area contributed by atoms with E-state index in [1.54, 1.807) is 7.11 Å². The molecule has 8 heteroatoms. The second-order valence-electron chi connectivity index (χ2n) is 5.50. The van der Waals surface area contributed by atoms with Gasteiger partial charge in [0.25, 0.3) is 0 Å². The molecule has 1 fully saturated rings. The van der Waals surface area contributed by atoms with E-state index in [1.807, 2.05) is 20.8 Å². The van der Waals surface area contributed by atoms with Crippen LogP contribution in [0.3, 0.4) is 0 Å². The molecular formula is C12H18N6OS. The number of H-pyrrole nitrogens is 1. The zero-order valence-corrected chi connectivity index (χ0v) is 12.9. The molecule has 0 amide bonds. The molecule has 0 saturated carbocycles. The normalized spacial score (nSPS) is 16.5. The number of methoxy groups -OCH3 is 1. The average Bonchev–Trinajstić information content (AvgIpc) is 2.98. The summed E-state index contributed by atoms with van der Waals surface area (Å²) in [5.41, 5.74) is -0.445. The smallest absolute Gasteiger partial charge is 0.205 e. The lowest BCUT2D eigenvalue weighted by atomic mass is 10.0. The van der Waals surface area contributed by atoms with Crippen molar-refractivity contribution in [2.45, 2.75) is 32.3 Å². The number of ether oxygens (including phenoxy) is 1. The van der Waals surface area contributed by atoms with E-state index in [-0.39, 0.29) is 0 Å². The molecule has 0 radical (unpaired) electrons. The zero-order valence-electron chi connectivity index (χ0n) is 12.0. The van der Waals surface area contributed by atoms with Crippen molar-refractivity contribution in [1.29, 1.82) is 0 Å². The maximum Gasteiger partial charge on any atom is 0.205 e. The molecule has 0 spiro atoms. The first-order chi connectivity index (χ1) is 9.49. The van der Waals surface area contributed by atoms with Crippen molar-refractivity contribution in [3.8, 4) is 0 Å². The predicted octanol–water partition coefficient (Wildman–Crippen LogP) is 1.45. The Morgan fingerprint density at radius 1 is 1.35 bits per heavy atom. The molecule has 20 heavy (non-hydrogen) atoms. The standard InChI is InChI=1S/C12H18N6OS/c1-7-13-9(16-15-7)8-5-18(6-8)11-14-10(17-20-11)12(2,3)19-4/h8H,5-6H2,1-4H3,(H,13,15,16). The summed E-state index contributed by atoms with van der Waals surface area (Å²) in [6, 6.07) is 0. The van der Waals surface area contributed by atoms with Crippen molar-refractivity contribution in [2.24, 2.45) is 0 Å². The Labute approximate surface area is 121 Å². The van der Waals surface area contributed by atoms with Crippen LogP contribution in [0.5, 0.6) is 0 Å². The molecule has 1 N–H and O–H groups in total. The Bertz CT molecular complexity index is 601. The summed E-state index contributed by atoms with van der Waals surface area (Å²) in [6.45, 7) is 7.62. The average molecular weight is 294 g/mol. The van der Waals surface area contributed by atoms with Crippen LogP contribution in [-0.2, 0) is 10.3 Å². The van der Waals surface area contributed by atoms with E-state index in [1.165, 1.54) is 11.5 Å². The third-order valence-electron chi connectivity index (χ3n) is 3.60. The number of nitrogens with zero attached hydrogens (tertiary/aromatic N) is 5. The van der Waals surface area contributed by atoms with E-state index in [2.05, 4.69) is 29.4 Å². The molecule has 3 rings (SSSR count). The van der Waals surface area contributed by atoms with Crippen LogP contribution in [0.2, 0.25) is 0 Å². The van der Waals surface area contributed by atoms with Crippen molar-refractivity contribution in [3.05, 3.63) is 17.5 Å². The summed E-state index contributed by atoms with van der Waals surface area (Å²) in [7, 11) is 1.67. The lowest BCUT2D eigenvalue weighted by Gasteiger charge is -2.37. The Morgan fingerprint density at radius 3 is 2.70 bits per heavy atom. The minimum atomic E-state index is -0.445. The maximum atomic E-state index is 5.40. The molecular weight excluding hydrogens is 276 g/mol. The van der Waals surface area contributed by atoms with Crippen molar-refractivity contribution in [3.63, 3.8) is 0 Å². The lowest BCUT2D eigenvalue weighted by molar-refractivity contribution is 0.0125. The summed E-state index contributed by atoms with van der Waals surface area (Å²) in [5.74, 6) is 2.86. The van der Waals surface area contributed by atoms with E-state index >= 15 is 0 Å². The Morgan fingerprint density at radius 2 is 2.10 bits per heavy atom. The number of nitrogens with one attached hydrogen (secondary N) is 1. The van der Waals surface area contributed by atoms with Gasteiger partial charge in [0.05, 0.1) is 5.92 Å². The highest BCUT2D eigenvalue weighted by Gasteiger charge is 2.34. The summed E-state index contributed by atoms with van der Waals surface area (Å²) in [4.78, 5) is 11.1. The molecule has 3 heterocycles. The maximum absolute atomic E-state index is 5.40. The molecule has 2 aromatic rings. The zero-order chi connectivity index (χ0) is 14.3. The second-order valence-corrected chi connectivity index (χ2v) is 6.23. The first-order valence-electron chi connectivity index (χ1n) is 6.53. The highest BCUT2D eigenvalue weighted by molar-refractivity contribution is 7.09. The number of aromatic nitrogens is 5. The molecule has 1 saturated heterocycles. The fraction of sp³-hybridized carbons (Fsp3) is 0.667. The summed E-state index contributed by atoms with van der Waals surface area (Å²) in [5, 5.41) is 8.03. The quantitative estimate of drug-likeness (QED) is 0.919. The van der Waals surface area contributed by atoms with E-state index in [9.17, 15) is 0 Å². The predicted molar refractivity (Wildman–Crippen MR) is 76.0 cm³/mol. The molecule has 0 aromatic carbocycles. The van der Waals surface area contributed by atoms with Crippen LogP contribution in [0.15, 0.2) is 0 Å². The van der Waals surface area contributed by atoms with Gasteiger partial charge in [-0.15, -0.1) is 0 Å². The van der Waals surface area contributed by atoms with Gasteiger partial charge in [-0.25, -0.2) is 9.97 Å². The van der Waals surface area contributed by atoms with Crippen LogP contribution in [0.1, 0.15) is 37.2 Å². The van der Waals surface area contributed by atoms with Crippen molar-refractivity contribution >= 4 is 16.7 Å². The van der Waals surface area contributed by atoms with E-state index < -0.39 is 5.60 Å². The number of aryl methyl sites for hydroxylation is 1. The van der Waals surface area contributed by atoms with Crippen molar-refractivity contribution in [2.75, 3.05) is 25.1 Å². The number of hydrogen-bond acceptors (Lipinski definition) is 7. The summed E-state index contributed by atoms with van der Waals surface area (Å²) < 4.78 is 9.79. The van der Waals surface area contributed by atoms with Gasteiger partial charge < -0.3 is 9.64 Å². The van der Waals surface area contributed by atoms with Crippen molar-refractivity contribution < 1.29 is 4.74 Å². The molecule has 0 bridgehead atoms. The van der Waals surface area contributed by atoms with Crippen LogP contribution in [-0.4, -0.2) is 44.7 Å². The number of anilines is 1. The van der Waals surface area contributed by atoms with Crippen LogP contribution in [0, 0.1) is 6.92 Å². The molecule has 2 aromatic heterocycles. The molecule has 1 aliphatic rings. The van der Waals surface area contributed by atoms with Crippen LogP contribution in [0.25, 0.3) is 0 Å². The third-order valence-corrected chi connectivity index (χ3v) is 4.37. The Hall–Kier alpha value is -1.54. The fourth-order valence-corrected chi connectivity index (χ4v) is 2.84. The largest absolute Gasteiger partial charge is 0.371 e. The number of aromatic amines is 1. The van der Waals surface area contributed by atoms with Crippen molar-refractivity contribution in [1.82, 2.24) is 24.5 Å². The fourth-order valence-electron chi connectivity index (χ4n) is 2.02. The highest BCUT2D eigenvalue weighted by Crippen LogP contribution is 2.33. The van der Waals surface area contributed by atoms with E-state index in [0.29, 0.717) is 5.92 Å². The molecule has 0 aliphatic carbocycles. The van der Waals surface area contributed by atoms with Gasteiger partial charge in [0.2, 0.25) is 5.13 Å². The molecule has 108 valence electrons. The van der Waals surface area contributed by atoms with Gasteiger partial charge in [-0.2, -0.15) is 9.47 Å². The SMILES string of the molecule is COC(C)(C)c1nsc(N2CC(c3n[nH]c(C)n3)C2)n1. The topological polar surface area (TPSA) is 79.8 Å².